The molecule has 104 valence electrons. The van der Waals surface area contributed by atoms with Gasteiger partial charge in [-0.2, -0.15) is 4.39 Å². The third-order valence-electron chi connectivity index (χ3n) is 4.15. The van der Waals surface area contributed by atoms with Crippen LogP contribution in [0.25, 0.3) is 0 Å². The molecule has 1 unspecified atom stereocenters. The van der Waals surface area contributed by atoms with Crippen LogP contribution >= 0.6 is 0 Å². The van der Waals surface area contributed by atoms with Gasteiger partial charge >= 0.3 is 5.97 Å². The Kier molecular flexibility index (Phi) is 4.56. The van der Waals surface area contributed by atoms with Crippen molar-refractivity contribution < 1.29 is 19.0 Å². The van der Waals surface area contributed by atoms with Crippen LogP contribution in [-0.4, -0.2) is 41.7 Å². The molecule has 4 atom stereocenters. The molecule has 0 radical (unpaired) electrons. The van der Waals surface area contributed by atoms with Crippen LogP contribution in [0.3, 0.4) is 0 Å². The van der Waals surface area contributed by atoms with Gasteiger partial charge in [-0.25, -0.2) is 0 Å². The summed E-state index contributed by atoms with van der Waals surface area (Å²) in [5.74, 6) is -0.915. The first kappa shape index (κ1) is 13.7. The second kappa shape index (κ2) is 5.97. The summed E-state index contributed by atoms with van der Waals surface area (Å²) in [4.78, 5) is 12.6. The molecule has 0 aromatic carbocycles. The third-order valence-corrected chi connectivity index (χ3v) is 4.15. The summed E-state index contributed by atoms with van der Waals surface area (Å²) in [5, 5.41) is 8.97. The fourth-order valence-corrected chi connectivity index (χ4v) is 2.97. The van der Waals surface area contributed by atoms with Crippen molar-refractivity contribution >= 4 is 5.97 Å². The Balaban J connectivity index is 1.81. The zero-order valence-corrected chi connectivity index (χ0v) is 10.8. The molecular weight excluding hydrogens is 237 g/mol. The number of hydrogen-bond donors (Lipinski definition) is 1. The molecule has 0 spiro atoms. The Bertz CT molecular complexity index is 294. The first-order valence-electron chi connectivity index (χ1n) is 6.84. The van der Waals surface area contributed by atoms with Gasteiger partial charge < -0.3 is 9.84 Å². The van der Waals surface area contributed by atoms with Crippen molar-refractivity contribution in [2.24, 2.45) is 11.8 Å². The van der Waals surface area contributed by atoms with Crippen molar-refractivity contribution in [3.05, 3.63) is 0 Å². The smallest absolute Gasteiger partial charge is 0.306 e. The van der Waals surface area contributed by atoms with E-state index in [1.807, 2.05) is 6.92 Å². The fourth-order valence-electron chi connectivity index (χ4n) is 2.97. The van der Waals surface area contributed by atoms with E-state index >= 15 is 0 Å². The van der Waals surface area contributed by atoms with Crippen LogP contribution in [0.2, 0.25) is 0 Å². The highest BCUT2D eigenvalue weighted by Crippen LogP contribution is 2.32. The summed E-state index contributed by atoms with van der Waals surface area (Å²) in [7, 11) is 0. The lowest BCUT2D eigenvalue weighted by Crippen LogP contribution is -2.39. The monoisotopic (exact) mass is 259 g/mol. The Morgan fingerprint density at radius 1 is 1.39 bits per heavy atom. The molecule has 1 N–H and O–H groups in total. The average Bonchev–Trinajstić information content (AvgIpc) is 2.85. The van der Waals surface area contributed by atoms with Gasteiger partial charge in [-0.05, 0) is 38.0 Å². The van der Waals surface area contributed by atoms with E-state index in [1.54, 1.807) is 4.90 Å². The van der Waals surface area contributed by atoms with Crippen LogP contribution in [0.5, 0.6) is 0 Å². The molecule has 1 heterocycles. The number of alkyl halides is 1. The molecule has 4 nitrogen and oxygen atoms in total. The van der Waals surface area contributed by atoms with Crippen molar-refractivity contribution in [1.82, 2.24) is 4.90 Å². The quantitative estimate of drug-likeness (QED) is 0.787. The SMILES string of the molecule is C[C@H]1CC(C(=O)O)CC[C@@H]1O[C@@H](F)N1CCCC1. The second-order valence-corrected chi connectivity index (χ2v) is 5.54. The van der Waals surface area contributed by atoms with Crippen molar-refractivity contribution in [2.75, 3.05) is 13.1 Å². The molecular formula is C13H22FNO3. The van der Waals surface area contributed by atoms with E-state index in [0.29, 0.717) is 19.3 Å². The van der Waals surface area contributed by atoms with Crippen LogP contribution in [0.15, 0.2) is 0 Å². The van der Waals surface area contributed by atoms with E-state index in [0.717, 1.165) is 25.9 Å². The first-order valence-corrected chi connectivity index (χ1v) is 6.84. The van der Waals surface area contributed by atoms with Gasteiger partial charge in [-0.1, -0.05) is 6.92 Å². The number of rotatable bonds is 4. The Hall–Kier alpha value is -0.680. The highest BCUT2D eigenvalue weighted by Gasteiger charge is 2.34. The predicted octanol–water partition coefficient (Wildman–Crippen LogP) is 2.24. The maximum absolute atomic E-state index is 13.9. The molecule has 1 aliphatic heterocycles. The van der Waals surface area contributed by atoms with E-state index in [4.69, 9.17) is 9.84 Å². The number of carboxylic acid groups (broad SMARTS) is 1. The first-order chi connectivity index (χ1) is 8.58. The van der Waals surface area contributed by atoms with Crippen molar-refractivity contribution in [3.63, 3.8) is 0 Å². The zero-order valence-electron chi connectivity index (χ0n) is 10.8. The minimum Gasteiger partial charge on any atom is -0.481 e. The van der Waals surface area contributed by atoms with Crippen molar-refractivity contribution in [2.45, 2.75) is 51.6 Å². The summed E-state index contributed by atoms with van der Waals surface area (Å²) in [6.07, 6.45) is 3.75. The molecule has 1 saturated carbocycles. The number of hydrogen-bond acceptors (Lipinski definition) is 3. The fraction of sp³-hybridized carbons (Fsp3) is 0.923. The van der Waals surface area contributed by atoms with E-state index in [9.17, 15) is 9.18 Å². The van der Waals surface area contributed by atoms with E-state index in [1.165, 1.54) is 0 Å². The maximum atomic E-state index is 13.9. The van der Waals surface area contributed by atoms with Crippen molar-refractivity contribution in [3.8, 4) is 0 Å². The van der Waals surface area contributed by atoms with Gasteiger partial charge in [0.2, 0.25) is 0 Å². The number of nitrogens with zero attached hydrogens (tertiary/aromatic N) is 1. The van der Waals surface area contributed by atoms with Gasteiger partial charge in [0.1, 0.15) is 0 Å². The number of halogens is 1. The lowest BCUT2D eigenvalue weighted by Gasteiger charge is -2.34. The summed E-state index contributed by atoms with van der Waals surface area (Å²) < 4.78 is 19.4. The van der Waals surface area contributed by atoms with Gasteiger partial charge in [0, 0.05) is 13.1 Å². The molecule has 0 amide bonds. The third kappa shape index (κ3) is 3.20. The number of carbonyl (C=O) groups is 1. The summed E-state index contributed by atoms with van der Waals surface area (Å²) in [5.41, 5.74) is 0. The lowest BCUT2D eigenvalue weighted by atomic mass is 9.80. The lowest BCUT2D eigenvalue weighted by molar-refractivity contribution is -0.188. The zero-order chi connectivity index (χ0) is 13.1. The normalized spacial score (nSPS) is 35.6. The summed E-state index contributed by atoms with van der Waals surface area (Å²) in [6.45, 7) is 2.16. The van der Waals surface area contributed by atoms with E-state index in [2.05, 4.69) is 0 Å². The molecule has 0 bridgehead atoms. The Labute approximate surface area is 107 Å². The summed E-state index contributed by atoms with van der Waals surface area (Å²) >= 11 is 0. The molecule has 5 heteroatoms. The van der Waals surface area contributed by atoms with Gasteiger partial charge in [-0.3, -0.25) is 9.69 Å². The number of carboxylic acids is 1. The molecule has 18 heavy (non-hydrogen) atoms. The standard InChI is InChI=1S/C13H22FNO3/c1-9-8-10(12(16)17)4-5-11(9)18-13(14)15-6-2-3-7-15/h9-11,13H,2-8H2,1H3,(H,16,17)/t9-,10?,11-,13-/m0/s1. The van der Waals surface area contributed by atoms with Crippen LogP contribution < -0.4 is 0 Å². The highest BCUT2D eigenvalue weighted by molar-refractivity contribution is 5.70. The van der Waals surface area contributed by atoms with Crippen LogP contribution in [0.4, 0.5) is 4.39 Å². The molecule has 1 aliphatic carbocycles. The number of ether oxygens (including phenoxy) is 1. The Morgan fingerprint density at radius 2 is 2.06 bits per heavy atom. The van der Waals surface area contributed by atoms with E-state index < -0.39 is 12.5 Å². The molecule has 2 aliphatic rings. The number of likely N-dealkylation sites (tertiary alicyclic amines) is 1. The number of aliphatic carboxylic acids is 1. The van der Waals surface area contributed by atoms with E-state index in [-0.39, 0.29) is 17.9 Å². The van der Waals surface area contributed by atoms with Gasteiger partial charge in [0.05, 0.1) is 12.0 Å². The molecule has 1 saturated heterocycles. The molecule has 2 fully saturated rings. The minimum atomic E-state index is -1.32. The van der Waals surface area contributed by atoms with Crippen LogP contribution in [0, 0.1) is 11.8 Å². The van der Waals surface area contributed by atoms with Crippen molar-refractivity contribution in [1.29, 1.82) is 0 Å². The summed E-state index contributed by atoms with van der Waals surface area (Å²) in [6, 6.07) is 0. The maximum Gasteiger partial charge on any atom is 0.306 e. The minimum absolute atomic E-state index is 0.112. The van der Waals surface area contributed by atoms with Crippen LogP contribution in [0.1, 0.15) is 39.0 Å². The molecule has 2 rings (SSSR count). The largest absolute Gasteiger partial charge is 0.481 e. The van der Waals surface area contributed by atoms with Gasteiger partial charge in [-0.15, -0.1) is 0 Å². The topological polar surface area (TPSA) is 49.8 Å². The van der Waals surface area contributed by atoms with Gasteiger partial charge in [0.25, 0.3) is 6.48 Å². The average molecular weight is 259 g/mol. The van der Waals surface area contributed by atoms with Crippen LogP contribution in [-0.2, 0) is 9.53 Å². The second-order valence-electron chi connectivity index (χ2n) is 5.54. The molecule has 0 aromatic heterocycles. The molecule has 0 aromatic rings. The highest BCUT2D eigenvalue weighted by atomic mass is 19.1. The van der Waals surface area contributed by atoms with Gasteiger partial charge in [0.15, 0.2) is 0 Å². The Morgan fingerprint density at radius 3 is 2.61 bits per heavy atom. The predicted molar refractivity (Wildman–Crippen MR) is 64.7 cm³/mol.